The van der Waals surface area contributed by atoms with Crippen molar-refractivity contribution in [2.45, 2.75) is 6.73 Å². The van der Waals surface area contributed by atoms with Crippen LogP contribution in [0.15, 0.2) is 36.9 Å². The van der Waals surface area contributed by atoms with Crippen LogP contribution in [0.4, 0.5) is 4.39 Å². The average Bonchev–Trinajstić information content (AvgIpc) is 3.06. The Kier molecular flexibility index (Phi) is 6.47. The van der Waals surface area contributed by atoms with Crippen LogP contribution in [0.1, 0.15) is 11.4 Å². The lowest BCUT2D eigenvalue weighted by Crippen LogP contribution is -2.09. The highest BCUT2D eigenvalue weighted by Gasteiger charge is 2.08. The van der Waals surface area contributed by atoms with E-state index in [0.717, 1.165) is 0 Å². The molecule has 8 heteroatoms. The molecule has 0 aliphatic rings. The number of rotatable bonds is 9. The van der Waals surface area contributed by atoms with Gasteiger partial charge in [0.05, 0.1) is 13.2 Å². The lowest BCUT2D eigenvalue weighted by molar-refractivity contribution is -0.103. The number of ether oxygens (including phenoxy) is 2. The van der Waals surface area contributed by atoms with Gasteiger partial charge in [0.25, 0.3) is 0 Å². The molecule has 0 spiro atoms. The van der Waals surface area contributed by atoms with Gasteiger partial charge in [0.2, 0.25) is 5.82 Å². The van der Waals surface area contributed by atoms with Crippen molar-refractivity contribution in [3.8, 4) is 0 Å². The van der Waals surface area contributed by atoms with Crippen LogP contribution in [-0.4, -0.2) is 46.8 Å². The van der Waals surface area contributed by atoms with Crippen LogP contribution < -0.4 is 0 Å². The highest BCUT2D eigenvalue weighted by atomic mass is 19.1. The van der Waals surface area contributed by atoms with Gasteiger partial charge >= 0.3 is 0 Å². The summed E-state index contributed by atoms with van der Waals surface area (Å²) in [4.78, 5) is 12.5. The minimum absolute atomic E-state index is 0.131. The molecule has 0 saturated heterocycles. The number of allylic oxidation sites excluding steroid dienone is 3. The Morgan fingerprint density at radius 1 is 1.33 bits per heavy atom. The number of halogens is 1. The SMILES string of the molecule is C=C(C=C(C=O)c1ccc(F)cc1)c1nnn(COCCOC)n1. The maximum Gasteiger partial charge on any atom is 0.204 e. The standard InChI is InChI=1S/C16H17FN4O3/c1-12(9-14(10-22)13-3-5-15(17)6-4-13)16-18-20-21(19-16)11-24-8-7-23-2/h3-6,9-10H,1,7-8,11H2,2H3. The Bertz CT molecular complexity index is 725. The van der Waals surface area contributed by atoms with Crippen molar-refractivity contribution >= 4 is 17.4 Å². The van der Waals surface area contributed by atoms with Crippen LogP contribution in [0, 0.1) is 5.82 Å². The van der Waals surface area contributed by atoms with E-state index in [1.165, 1.54) is 35.1 Å². The highest BCUT2D eigenvalue weighted by Crippen LogP contribution is 2.18. The van der Waals surface area contributed by atoms with E-state index >= 15 is 0 Å². The number of methoxy groups -OCH3 is 1. The number of benzene rings is 1. The molecular formula is C16H17FN4O3. The normalized spacial score (nSPS) is 11.5. The quantitative estimate of drug-likeness (QED) is 0.301. The summed E-state index contributed by atoms with van der Waals surface area (Å²) < 4.78 is 23.1. The van der Waals surface area contributed by atoms with Crippen molar-refractivity contribution in [2.24, 2.45) is 0 Å². The molecule has 0 aliphatic carbocycles. The van der Waals surface area contributed by atoms with Crippen molar-refractivity contribution in [1.82, 2.24) is 20.2 Å². The molecule has 0 unspecified atom stereocenters. The second-order valence-corrected chi connectivity index (χ2v) is 4.77. The molecule has 24 heavy (non-hydrogen) atoms. The van der Waals surface area contributed by atoms with E-state index in [0.29, 0.717) is 36.2 Å². The molecule has 7 nitrogen and oxygen atoms in total. The molecule has 0 amide bonds. The monoisotopic (exact) mass is 332 g/mol. The number of carbonyl (C=O) groups excluding carboxylic acids is 1. The van der Waals surface area contributed by atoms with Gasteiger partial charge in [-0.05, 0) is 29.0 Å². The van der Waals surface area contributed by atoms with Gasteiger partial charge in [-0.1, -0.05) is 18.7 Å². The summed E-state index contributed by atoms with van der Waals surface area (Å²) >= 11 is 0. The summed E-state index contributed by atoms with van der Waals surface area (Å²) in [5, 5.41) is 11.8. The number of hydrogen-bond donors (Lipinski definition) is 0. The van der Waals surface area contributed by atoms with Gasteiger partial charge in [0, 0.05) is 18.3 Å². The third kappa shape index (κ3) is 4.90. The number of tetrazole rings is 1. The van der Waals surface area contributed by atoms with E-state index in [1.807, 2.05) is 0 Å². The zero-order chi connectivity index (χ0) is 17.4. The van der Waals surface area contributed by atoms with Crippen molar-refractivity contribution in [3.63, 3.8) is 0 Å². The van der Waals surface area contributed by atoms with E-state index in [4.69, 9.17) is 9.47 Å². The summed E-state index contributed by atoms with van der Waals surface area (Å²) in [7, 11) is 1.58. The van der Waals surface area contributed by atoms with Gasteiger partial charge in [0.15, 0.2) is 13.0 Å². The predicted octanol–water partition coefficient (Wildman–Crippen LogP) is 1.73. The molecule has 0 saturated carbocycles. The summed E-state index contributed by atoms with van der Waals surface area (Å²) in [6, 6.07) is 5.58. The molecule has 1 heterocycles. The number of aldehydes is 1. The van der Waals surface area contributed by atoms with Crippen molar-refractivity contribution in [1.29, 1.82) is 0 Å². The first-order chi connectivity index (χ1) is 11.6. The van der Waals surface area contributed by atoms with E-state index < -0.39 is 0 Å². The number of carbonyl (C=O) groups is 1. The molecule has 0 radical (unpaired) electrons. The zero-order valence-corrected chi connectivity index (χ0v) is 13.2. The van der Waals surface area contributed by atoms with Crippen molar-refractivity contribution in [3.05, 3.63) is 54.1 Å². The smallest absolute Gasteiger partial charge is 0.204 e. The summed E-state index contributed by atoms with van der Waals surface area (Å²) in [5.74, 6) is -0.104. The molecular weight excluding hydrogens is 315 g/mol. The third-order valence-electron chi connectivity index (χ3n) is 3.01. The summed E-state index contributed by atoms with van der Waals surface area (Å²) in [5.41, 5.74) is 1.32. The van der Waals surface area contributed by atoms with E-state index in [9.17, 15) is 9.18 Å². The van der Waals surface area contributed by atoms with E-state index in [2.05, 4.69) is 22.0 Å². The van der Waals surface area contributed by atoms with Crippen LogP contribution in [0.25, 0.3) is 11.1 Å². The Hall–Kier alpha value is -2.71. The first-order valence-corrected chi connectivity index (χ1v) is 7.10. The van der Waals surface area contributed by atoms with Crippen LogP contribution in [0.2, 0.25) is 0 Å². The molecule has 0 N–H and O–H groups in total. The van der Waals surface area contributed by atoms with Gasteiger partial charge in [-0.15, -0.1) is 15.0 Å². The average molecular weight is 332 g/mol. The fourth-order valence-electron chi connectivity index (χ4n) is 1.79. The van der Waals surface area contributed by atoms with Gasteiger partial charge in [-0.3, -0.25) is 4.79 Å². The third-order valence-corrected chi connectivity index (χ3v) is 3.01. The van der Waals surface area contributed by atoms with E-state index in [1.54, 1.807) is 7.11 Å². The zero-order valence-electron chi connectivity index (χ0n) is 13.2. The first-order valence-electron chi connectivity index (χ1n) is 7.10. The molecule has 2 rings (SSSR count). The summed E-state index contributed by atoms with van der Waals surface area (Å²) in [6.45, 7) is 4.84. The minimum atomic E-state index is -0.374. The second kappa shape index (κ2) is 8.80. The fourth-order valence-corrected chi connectivity index (χ4v) is 1.79. The molecule has 0 fully saturated rings. The van der Waals surface area contributed by atoms with Crippen LogP contribution in [-0.2, 0) is 21.0 Å². The molecule has 0 bridgehead atoms. The summed E-state index contributed by atoms with van der Waals surface area (Å²) in [6.07, 6.45) is 2.18. The Morgan fingerprint density at radius 3 is 2.75 bits per heavy atom. The fraction of sp³-hybridized carbons (Fsp3) is 0.250. The predicted molar refractivity (Wildman–Crippen MR) is 85.1 cm³/mol. The van der Waals surface area contributed by atoms with Gasteiger partial charge in [0.1, 0.15) is 5.82 Å². The van der Waals surface area contributed by atoms with Gasteiger partial charge in [-0.25, -0.2) is 4.39 Å². The largest absolute Gasteiger partial charge is 0.382 e. The topological polar surface area (TPSA) is 79.1 Å². The molecule has 0 atom stereocenters. The first kappa shape index (κ1) is 17.6. The molecule has 2 aromatic rings. The Labute approximate surface area is 138 Å². The van der Waals surface area contributed by atoms with Crippen LogP contribution >= 0.6 is 0 Å². The maximum absolute atomic E-state index is 13.0. The van der Waals surface area contributed by atoms with Crippen LogP contribution in [0.3, 0.4) is 0 Å². The van der Waals surface area contributed by atoms with Crippen molar-refractivity contribution in [2.75, 3.05) is 20.3 Å². The number of nitrogens with zero attached hydrogens (tertiary/aromatic N) is 4. The van der Waals surface area contributed by atoms with E-state index in [-0.39, 0.29) is 18.4 Å². The molecule has 1 aromatic carbocycles. The Balaban J connectivity index is 2.06. The maximum atomic E-state index is 13.0. The highest BCUT2D eigenvalue weighted by molar-refractivity contribution is 6.09. The van der Waals surface area contributed by atoms with Crippen LogP contribution in [0.5, 0.6) is 0 Å². The molecule has 1 aromatic heterocycles. The molecule has 0 aliphatic heterocycles. The van der Waals surface area contributed by atoms with Crippen molar-refractivity contribution < 1.29 is 18.7 Å². The second-order valence-electron chi connectivity index (χ2n) is 4.77. The lowest BCUT2D eigenvalue weighted by Gasteiger charge is -2.01. The number of aromatic nitrogens is 4. The van der Waals surface area contributed by atoms with Gasteiger partial charge < -0.3 is 9.47 Å². The minimum Gasteiger partial charge on any atom is -0.382 e. The van der Waals surface area contributed by atoms with Gasteiger partial charge in [-0.2, -0.15) is 0 Å². The lowest BCUT2D eigenvalue weighted by atomic mass is 10.0. The molecule has 126 valence electrons. The Morgan fingerprint density at radius 2 is 2.08 bits per heavy atom. The number of hydrogen-bond acceptors (Lipinski definition) is 6.